The molecular formula is C15H17ClN4O2S2. The van der Waals surface area contributed by atoms with Crippen LogP contribution in [0.25, 0.3) is 0 Å². The quantitative estimate of drug-likeness (QED) is 0.873. The number of carbonyl (C=O) groups excluding carboxylic acids is 1. The molecule has 0 aliphatic carbocycles. The summed E-state index contributed by atoms with van der Waals surface area (Å²) in [6, 6.07) is 4.39. The molecule has 1 amide bonds. The van der Waals surface area contributed by atoms with Crippen LogP contribution < -0.4 is 5.32 Å². The SMILES string of the molecule is C[C@H]1[C@H](NC(=O)c2ccc(Sc3nnc(Cl)o3)s2)C2CCN1CC2. The average molecular weight is 385 g/mol. The van der Waals surface area contributed by atoms with Crippen molar-refractivity contribution in [1.29, 1.82) is 0 Å². The van der Waals surface area contributed by atoms with Crippen LogP contribution in [0, 0.1) is 5.92 Å². The van der Waals surface area contributed by atoms with Gasteiger partial charge in [0.25, 0.3) is 11.1 Å². The number of piperidine rings is 3. The van der Waals surface area contributed by atoms with Crippen LogP contribution in [0.2, 0.25) is 5.35 Å². The molecule has 0 radical (unpaired) electrons. The van der Waals surface area contributed by atoms with Crippen molar-refractivity contribution in [1.82, 2.24) is 20.4 Å². The van der Waals surface area contributed by atoms with Gasteiger partial charge in [0.15, 0.2) is 0 Å². The van der Waals surface area contributed by atoms with Gasteiger partial charge < -0.3 is 9.73 Å². The van der Waals surface area contributed by atoms with E-state index in [0.29, 0.717) is 22.1 Å². The van der Waals surface area contributed by atoms with E-state index in [-0.39, 0.29) is 17.3 Å². The molecule has 3 fully saturated rings. The van der Waals surface area contributed by atoms with Gasteiger partial charge in [0.1, 0.15) is 0 Å². The summed E-state index contributed by atoms with van der Waals surface area (Å²) in [5, 5.41) is 11.1. The van der Waals surface area contributed by atoms with Gasteiger partial charge in [0.2, 0.25) is 0 Å². The fraction of sp³-hybridized carbons (Fsp3) is 0.533. The minimum Gasteiger partial charge on any atom is -0.402 e. The zero-order valence-corrected chi connectivity index (χ0v) is 15.5. The summed E-state index contributed by atoms with van der Waals surface area (Å²) in [6.45, 7) is 4.53. The van der Waals surface area contributed by atoms with E-state index in [1.165, 1.54) is 35.9 Å². The number of fused-ring (bicyclic) bond motifs is 3. The third-order valence-electron chi connectivity index (χ3n) is 4.85. The smallest absolute Gasteiger partial charge is 0.313 e. The lowest BCUT2D eigenvalue weighted by Crippen LogP contribution is -2.62. The topological polar surface area (TPSA) is 71.3 Å². The Kier molecular flexibility index (Phi) is 4.55. The third-order valence-corrected chi connectivity index (χ3v) is 7.06. The zero-order chi connectivity index (χ0) is 16.7. The standard InChI is InChI=1S/C15H17ClN4O2S2/c1-8-12(9-4-6-20(8)7-5-9)17-13(21)10-2-3-11(23-10)24-15-19-18-14(16)22-15/h2-3,8-9,12H,4-7H2,1H3,(H,17,21)/t8-,12-/m0/s1. The van der Waals surface area contributed by atoms with Gasteiger partial charge >= 0.3 is 5.35 Å². The number of rotatable bonds is 4. The van der Waals surface area contributed by atoms with Crippen LogP contribution in [0.1, 0.15) is 29.4 Å². The van der Waals surface area contributed by atoms with Gasteiger partial charge in [-0.15, -0.1) is 11.3 Å². The summed E-state index contributed by atoms with van der Waals surface area (Å²) >= 11 is 8.35. The van der Waals surface area contributed by atoms with Crippen molar-refractivity contribution < 1.29 is 9.21 Å². The highest BCUT2D eigenvalue weighted by Crippen LogP contribution is 2.35. The van der Waals surface area contributed by atoms with Gasteiger partial charge in [-0.05, 0) is 74.3 Å². The Bertz CT molecular complexity index is 739. The van der Waals surface area contributed by atoms with Crippen molar-refractivity contribution in [2.75, 3.05) is 13.1 Å². The first kappa shape index (κ1) is 16.4. The van der Waals surface area contributed by atoms with E-state index in [9.17, 15) is 4.79 Å². The molecule has 0 saturated carbocycles. The molecule has 2 atom stereocenters. The number of amides is 1. The average Bonchev–Trinajstić information content (AvgIpc) is 3.21. The monoisotopic (exact) mass is 384 g/mol. The second kappa shape index (κ2) is 6.67. The maximum atomic E-state index is 12.6. The molecule has 6 nitrogen and oxygen atoms in total. The molecule has 2 aromatic rings. The van der Waals surface area contributed by atoms with Gasteiger partial charge in [-0.3, -0.25) is 9.69 Å². The molecule has 0 spiro atoms. The summed E-state index contributed by atoms with van der Waals surface area (Å²) < 4.78 is 6.05. The first-order valence-corrected chi connectivity index (χ1v) is 9.93. The molecule has 9 heteroatoms. The van der Waals surface area contributed by atoms with Crippen LogP contribution in [0.3, 0.4) is 0 Å². The molecule has 2 bridgehead atoms. The van der Waals surface area contributed by atoms with Crippen molar-refractivity contribution in [3.63, 3.8) is 0 Å². The first-order valence-electron chi connectivity index (χ1n) is 7.92. The van der Waals surface area contributed by atoms with Crippen LogP contribution >= 0.6 is 34.7 Å². The van der Waals surface area contributed by atoms with Crippen LogP contribution in [0.15, 0.2) is 26.0 Å². The van der Waals surface area contributed by atoms with E-state index in [1.54, 1.807) is 0 Å². The normalized spacial score (nSPS) is 28.9. The second-order valence-electron chi connectivity index (χ2n) is 6.15. The number of carbonyl (C=O) groups is 1. The molecule has 3 saturated heterocycles. The molecule has 0 aromatic carbocycles. The number of halogens is 1. The lowest BCUT2D eigenvalue weighted by atomic mass is 9.79. The summed E-state index contributed by atoms with van der Waals surface area (Å²) in [7, 11) is 0. The molecule has 128 valence electrons. The Hall–Kier alpha value is -1.09. The number of hydrogen-bond acceptors (Lipinski definition) is 7. The van der Waals surface area contributed by atoms with E-state index < -0.39 is 0 Å². The molecule has 24 heavy (non-hydrogen) atoms. The number of hydrogen-bond donors (Lipinski definition) is 1. The van der Waals surface area contributed by atoms with Gasteiger partial charge in [0, 0.05) is 12.1 Å². The van der Waals surface area contributed by atoms with E-state index in [1.807, 2.05) is 12.1 Å². The Labute approximate surface area is 153 Å². The van der Waals surface area contributed by atoms with Crippen molar-refractivity contribution in [3.05, 3.63) is 22.4 Å². The first-order chi connectivity index (χ1) is 11.6. The largest absolute Gasteiger partial charge is 0.402 e. The minimum absolute atomic E-state index is 0.000937. The van der Waals surface area contributed by atoms with Gasteiger partial charge in [-0.2, -0.15) is 0 Å². The van der Waals surface area contributed by atoms with Gasteiger partial charge in [0.05, 0.1) is 9.09 Å². The van der Waals surface area contributed by atoms with Crippen LogP contribution in [-0.2, 0) is 0 Å². The van der Waals surface area contributed by atoms with Gasteiger partial charge in [-0.25, -0.2) is 0 Å². The molecule has 2 aromatic heterocycles. The van der Waals surface area contributed by atoms with Crippen molar-refractivity contribution >= 4 is 40.6 Å². The van der Waals surface area contributed by atoms with Crippen molar-refractivity contribution in [3.8, 4) is 0 Å². The fourth-order valence-corrected chi connectivity index (χ4v) is 5.54. The van der Waals surface area contributed by atoms with Gasteiger partial charge in [-0.1, -0.05) is 10.2 Å². The maximum absolute atomic E-state index is 12.6. The Balaban J connectivity index is 1.41. The molecule has 3 aliphatic heterocycles. The fourth-order valence-electron chi connectivity index (χ4n) is 3.59. The van der Waals surface area contributed by atoms with E-state index in [0.717, 1.165) is 17.3 Å². The predicted molar refractivity (Wildman–Crippen MR) is 92.8 cm³/mol. The predicted octanol–water partition coefficient (Wildman–Crippen LogP) is 3.15. The zero-order valence-electron chi connectivity index (χ0n) is 13.1. The molecule has 0 unspecified atom stereocenters. The molecular weight excluding hydrogens is 368 g/mol. The van der Waals surface area contributed by atoms with Crippen molar-refractivity contribution in [2.24, 2.45) is 5.92 Å². The second-order valence-corrected chi connectivity index (χ2v) is 8.81. The highest BCUT2D eigenvalue weighted by atomic mass is 35.5. The van der Waals surface area contributed by atoms with E-state index >= 15 is 0 Å². The minimum atomic E-state index is 0.000937. The lowest BCUT2D eigenvalue weighted by Gasteiger charge is -2.49. The highest BCUT2D eigenvalue weighted by Gasteiger charge is 2.40. The van der Waals surface area contributed by atoms with Crippen molar-refractivity contribution in [2.45, 2.75) is 41.3 Å². The van der Waals surface area contributed by atoms with Crippen LogP contribution in [0.5, 0.6) is 0 Å². The third kappa shape index (κ3) is 3.20. The molecule has 5 rings (SSSR count). The Morgan fingerprint density at radius 2 is 2.21 bits per heavy atom. The number of aromatic nitrogens is 2. The lowest BCUT2D eigenvalue weighted by molar-refractivity contribution is 0.0218. The number of nitrogens with zero attached hydrogens (tertiary/aromatic N) is 3. The highest BCUT2D eigenvalue weighted by molar-refractivity contribution is 8.01. The van der Waals surface area contributed by atoms with Crippen LogP contribution in [0.4, 0.5) is 0 Å². The summed E-state index contributed by atoms with van der Waals surface area (Å²) in [6.07, 6.45) is 2.36. The van der Waals surface area contributed by atoms with Crippen LogP contribution in [-0.4, -0.2) is 46.2 Å². The summed E-state index contributed by atoms with van der Waals surface area (Å²) in [5.74, 6) is 0.601. The maximum Gasteiger partial charge on any atom is 0.313 e. The number of nitrogens with one attached hydrogen (secondary N) is 1. The molecule has 1 N–H and O–H groups in total. The summed E-state index contributed by atoms with van der Waals surface area (Å²) in [4.78, 5) is 15.8. The Morgan fingerprint density at radius 3 is 2.88 bits per heavy atom. The number of thiophene rings is 1. The van der Waals surface area contributed by atoms with E-state index in [2.05, 4.69) is 27.3 Å². The summed E-state index contributed by atoms with van der Waals surface area (Å²) in [5.41, 5.74) is 0. The molecule has 3 aliphatic rings. The molecule has 5 heterocycles. The Morgan fingerprint density at radius 1 is 1.42 bits per heavy atom. The van der Waals surface area contributed by atoms with E-state index in [4.69, 9.17) is 16.0 Å².